The predicted molar refractivity (Wildman–Crippen MR) is 52.9 cm³/mol. The largest absolute Gasteiger partial charge is 0.478 e. The Hall–Kier alpha value is -0.930. The van der Waals surface area contributed by atoms with Crippen LogP contribution in [0, 0.1) is 5.92 Å². The van der Waals surface area contributed by atoms with Crippen LogP contribution in [0.2, 0.25) is 0 Å². The Bertz CT molecular complexity index is 262. The van der Waals surface area contributed by atoms with E-state index in [1.165, 1.54) is 0 Å². The van der Waals surface area contributed by atoms with Crippen molar-refractivity contribution >= 4 is 5.97 Å². The molecule has 0 amide bonds. The summed E-state index contributed by atoms with van der Waals surface area (Å²) in [6.45, 7) is 1.76. The van der Waals surface area contributed by atoms with Gasteiger partial charge in [0.1, 0.15) is 0 Å². The number of hydrogen-bond acceptors (Lipinski definition) is 1. The molecule has 1 fully saturated rings. The van der Waals surface area contributed by atoms with Crippen molar-refractivity contribution in [2.24, 2.45) is 5.92 Å². The molecule has 15 heavy (non-hydrogen) atoms. The summed E-state index contributed by atoms with van der Waals surface area (Å²) in [7, 11) is 0. The Labute approximate surface area is 88.0 Å². The topological polar surface area (TPSA) is 37.3 Å². The van der Waals surface area contributed by atoms with Crippen molar-refractivity contribution in [1.82, 2.24) is 0 Å². The van der Waals surface area contributed by atoms with Gasteiger partial charge in [0.05, 0.1) is 0 Å². The van der Waals surface area contributed by atoms with E-state index < -0.39 is 11.9 Å². The van der Waals surface area contributed by atoms with Gasteiger partial charge in [0.25, 0.3) is 0 Å². The van der Waals surface area contributed by atoms with E-state index in [9.17, 15) is 13.6 Å². The van der Waals surface area contributed by atoms with Crippen LogP contribution in [0.3, 0.4) is 0 Å². The van der Waals surface area contributed by atoms with Gasteiger partial charge in [-0.05, 0) is 25.2 Å². The molecule has 0 bridgehead atoms. The second-order valence-corrected chi connectivity index (χ2v) is 4.04. The fourth-order valence-electron chi connectivity index (χ4n) is 1.85. The molecule has 0 aromatic rings. The summed E-state index contributed by atoms with van der Waals surface area (Å²) in [6, 6.07) is 0. The van der Waals surface area contributed by atoms with Gasteiger partial charge in [-0.25, -0.2) is 13.6 Å². The number of aliphatic carboxylic acids is 1. The summed E-state index contributed by atoms with van der Waals surface area (Å²) in [5, 5.41) is 8.79. The number of alkyl halides is 2. The highest BCUT2D eigenvalue weighted by Crippen LogP contribution is 2.37. The summed E-state index contributed by atoms with van der Waals surface area (Å²) in [4.78, 5) is 10.7. The number of carboxylic acid groups (broad SMARTS) is 1. The van der Waals surface area contributed by atoms with E-state index in [1.54, 1.807) is 13.0 Å². The first kappa shape index (κ1) is 12.1. The summed E-state index contributed by atoms with van der Waals surface area (Å²) >= 11 is 0. The van der Waals surface area contributed by atoms with Crippen molar-refractivity contribution in [3.05, 3.63) is 11.6 Å². The molecule has 0 heterocycles. The lowest BCUT2D eigenvalue weighted by Gasteiger charge is -2.26. The second kappa shape index (κ2) is 4.73. The van der Waals surface area contributed by atoms with Gasteiger partial charge in [-0.15, -0.1) is 0 Å². The number of carboxylic acids is 1. The average Bonchev–Trinajstić information content (AvgIpc) is 2.15. The predicted octanol–water partition coefficient (Wildman–Crippen LogP) is 3.23. The summed E-state index contributed by atoms with van der Waals surface area (Å²) in [5.41, 5.74) is 0.338. The highest BCUT2D eigenvalue weighted by atomic mass is 19.3. The highest BCUT2D eigenvalue weighted by molar-refractivity contribution is 5.86. The summed E-state index contributed by atoms with van der Waals surface area (Å²) < 4.78 is 25.6. The van der Waals surface area contributed by atoms with Gasteiger partial charge in [-0.3, -0.25) is 0 Å². The van der Waals surface area contributed by atoms with E-state index in [0.29, 0.717) is 24.8 Å². The Balaban J connectivity index is 2.57. The monoisotopic (exact) mass is 218 g/mol. The maximum Gasteiger partial charge on any atom is 0.331 e. The van der Waals surface area contributed by atoms with Gasteiger partial charge in [-0.1, -0.05) is 13.0 Å². The van der Waals surface area contributed by atoms with Crippen molar-refractivity contribution in [1.29, 1.82) is 0 Å². The fraction of sp³-hybridized carbons (Fsp3) is 0.727. The van der Waals surface area contributed by atoms with Gasteiger partial charge in [0, 0.05) is 18.4 Å². The standard InChI is InChI=1S/C11H16F2O2/c1-2-9(10(14)15)7-8-3-5-11(12,13)6-4-8/h7-8H,2-6H2,1H3,(H,14,15)/b9-7+. The molecular formula is C11H16F2O2. The van der Waals surface area contributed by atoms with Crippen molar-refractivity contribution in [2.45, 2.75) is 45.0 Å². The van der Waals surface area contributed by atoms with Crippen LogP contribution in [-0.2, 0) is 4.79 Å². The van der Waals surface area contributed by atoms with Crippen LogP contribution < -0.4 is 0 Å². The minimum Gasteiger partial charge on any atom is -0.478 e. The van der Waals surface area contributed by atoms with Crippen LogP contribution in [0.4, 0.5) is 8.78 Å². The third-order valence-corrected chi connectivity index (χ3v) is 2.85. The first-order chi connectivity index (χ1) is 6.94. The van der Waals surface area contributed by atoms with Crippen molar-refractivity contribution in [3.63, 3.8) is 0 Å². The van der Waals surface area contributed by atoms with Crippen LogP contribution >= 0.6 is 0 Å². The number of hydrogen-bond donors (Lipinski definition) is 1. The first-order valence-corrected chi connectivity index (χ1v) is 5.26. The average molecular weight is 218 g/mol. The molecular weight excluding hydrogens is 202 g/mol. The van der Waals surface area contributed by atoms with E-state index in [4.69, 9.17) is 5.11 Å². The second-order valence-electron chi connectivity index (χ2n) is 4.04. The molecule has 2 nitrogen and oxygen atoms in total. The normalized spacial score (nSPS) is 22.7. The molecule has 86 valence electrons. The van der Waals surface area contributed by atoms with E-state index in [2.05, 4.69) is 0 Å². The molecule has 0 aliphatic heterocycles. The van der Waals surface area contributed by atoms with E-state index in [1.807, 2.05) is 0 Å². The maximum absolute atomic E-state index is 12.8. The van der Waals surface area contributed by atoms with Crippen molar-refractivity contribution in [3.8, 4) is 0 Å². The zero-order valence-corrected chi connectivity index (χ0v) is 8.80. The molecule has 1 saturated carbocycles. The lowest BCUT2D eigenvalue weighted by atomic mass is 9.85. The lowest BCUT2D eigenvalue weighted by Crippen LogP contribution is -2.24. The van der Waals surface area contributed by atoms with Crippen LogP contribution in [0.15, 0.2) is 11.6 Å². The van der Waals surface area contributed by atoms with Crippen LogP contribution in [-0.4, -0.2) is 17.0 Å². The van der Waals surface area contributed by atoms with Gasteiger partial charge >= 0.3 is 5.97 Å². The zero-order valence-electron chi connectivity index (χ0n) is 8.80. The zero-order chi connectivity index (χ0) is 11.5. The molecule has 0 atom stereocenters. The third-order valence-electron chi connectivity index (χ3n) is 2.85. The number of rotatable bonds is 3. The van der Waals surface area contributed by atoms with Crippen LogP contribution in [0.5, 0.6) is 0 Å². The van der Waals surface area contributed by atoms with Crippen molar-refractivity contribution < 1.29 is 18.7 Å². The van der Waals surface area contributed by atoms with Gasteiger partial charge < -0.3 is 5.11 Å². The molecule has 1 aliphatic rings. The van der Waals surface area contributed by atoms with Crippen LogP contribution in [0.1, 0.15) is 39.0 Å². The summed E-state index contributed by atoms with van der Waals surface area (Å²) in [5.74, 6) is -3.47. The molecule has 0 aromatic heterocycles. The first-order valence-electron chi connectivity index (χ1n) is 5.26. The van der Waals surface area contributed by atoms with Gasteiger partial charge in [-0.2, -0.15) is 0 Å². The minimum atomic E-state index is -2.54. The molecule has 0 saturated heterocycles. The smallest absolute Gasteiger partial charge is 0.331 e. The molecule has 4 heteroatoms. The van der Waals surface area contributed by atoms with E-state index in [-0.39, 0.29) is 18.8 Å². The quantitative estimate of drug-likeness (QED) is 0.738. The van der Waals surface area contributed by atoms with Gasteiger partial charge in [0.15, 0.2) is 0 Å². The molecule has 1 N–H and O–H groups in total. The number of halogens is 2. The van der Waals surface area contributed by atoms with E-state index in [0.717, 1.165) is 0 Å². The minimum absolute atomic E-state index is 0.00988. The Kier molecular flexibility index (Phi) is 3.83. The fourth-order valence-corrected chi connectivity index (χ4v) is 1.85. The lowest BCUT2D eigenvalue weighted by molar-refractivity contribution is -0.132. The molecule has 0 aromatic carbocycles. The molecule has 1 rings (SSSR count). The summed E-state index contributed by atoms with van der Waals surface area (Å²) in [6.07, 6.45) is 2.64. The van der Waals surface area contributed by atoms with Gasteiger partial charge in [0.2, 0.25) is 5.92 Å². The maximum atomic E-state index is 12.8. The Morgan fingerprint density at radius 1 is 1.47 bits per heavy atom. The van der Waals surface area contributed by atoms with Crippen LogP contribution in [0.25, 0.3) is 0 Å². The molecule has 0 unspecified atom stereocenters. The van der Waals surface area contributed by atoms with E-state index >= 15 is 0 Å². The SMILES string of the molecule is CC/C(=C\C1CCC(F)(F)CC1)C(=O)O. The molecule has 0 spiro atoms. The Morgan fingerprint density at radius 2 is 2.00 bits per heavy atom. The number of allylic oxidation sites excluding steroid dienone is 1. The molecule has 1 aliphatic carbocycles. The number of carbonyl (C=O) groups is 1. The highest BCUT2D eigenvalue weighted by Gasteiger charge is 2.34. The molecule has 0 radical (unpaired) electrons. The Morgan fingerprint density at radius 3 is 2.40 bits per heavy atom. The van der Waals surface area contributed by atoms with Crippen molar-refractivity contribution in [2.75, 3.05) is 0 Å². The third kappa shape index (κ3) is 3.61.